The van der Waals surface area contributed by atoms with Gasteiger partial charge in [0.15, 0.2) is 0 Å². The molecule has 0 N–H and O–H groups in total. The van der Waals surface area contributed by atoms with Crippen LogP contribution >= 0.6 is 0 Å². The topological polar surface area (TPSA) is 59.1 Å². The van der Waals surface area contributed by atoms with Crippen molar-refractivity contribution < 1.29 is 19.1 Å². The lowest BCUT2D eigenvalue weighted by Crippen LogP contribution is -2.59. The molecule has 6 heteroatoms. The smallest absolute Gasteiger partial charge is 0.410 e. The van der Waals surface area contributed by atoms with Crippen LogP contribution in [0, 0.1) is 11.8 Å². The van der Waals surface area contributed by atoms with Crippen LogP contribution in [0.25, 0.3) is 0 Å². The van der Waals surface area contributed by atoms with Crippen molar-refractivity contribution in [3.63, 3.8) is 0 Å². The number of benzene rings is 1. The first-order chi connectivity index (χ1) is 14.2. The molecule has 3 rings (SSSR count). The maximum Gasteiger partial charge on any atom is 0.410 e. The van der Waals surface area contributed by atoms with Gasteiger partial charge in [-0.15, -0.1) is 0 Å². The lowest BCUT2D eigenvalue weighted by molar-refractivity contribution is -0.140. The molecule has 1 amide bonds. The highest BCUT2D eigenvalue weighted by Gasteiger charge is 2.43. The van der Waals surface area contributed by atoms with Gasteiger partial charge in [-0.25, -0.2) is 4.79 Å². The second kappa shape index (κ2) is 9.82. The Morgan fingerprint density at radius 1 is 1.10 bits per heavy atom. The maximum atomic E-state index is 13.0. The van der Waals surface area contributed by atoms with Gasteiger partial charge in [-0.2, -0.15) is 0 Å². The minimum absolute atomic E-state index is 0.0966. The number of nitrogens with zero attached hydrogens (tertiary/aromatic N) is 2. The van der Waals surface area contributed by atoms with Crippen LogP contribution in [-0.2, 0) is 20.8 Å². The number of hydrogen-bond acceptors (Lipinski definition) is 5. The highest BCUT2D eigenvalue weighted by Crippen LogP contribution is 2.36. The zero-order valence-corrected chi connectivity index (χ0v) is 18.8. The Morgan fingerprint density at radius 3 is 2.50 bits per heavy atom. The second-order valence-corrected chi connectivity index (χ2v) is 9.71. The molecule has 0 radical (unpaired) electrons. The Balaban J connectivity index is 1.70. The predicted octanol–water partition coefficient (Wildman–Crippen LogP) is 4.09. The van der Waals surface area contributed by atoms with Gasteiger partial charge in [0.25, 0.3) is 0 Å². The molecule has 2 saturated heterocycles. The summed E-state index contributed by atoms with van der Waals surface area (Å²) in [5, 5.41) is 0. The molecule has 0 aliphatic carbocycles. The Bertz CT molecular complexity index is 716. The van der Waals surface area contributed by atoms with E-state index in [2.05, 4.69) is 29.2 Å². The van der Waals surface area contributed by atoms with Gasteiger partial charge < -0.3 is 14.4 Å². The van der Waals surface area contributed by atoms with E-state index in [1.54, 1.807) is 0 Å². The van der Waals surface area contributed by atoms with E-state index >= 15 is 0 Å². The molecular weight excluding hydrogens is 380 g/mol. The van der Waals surface area contributed by atoms with Crippen molar-refractivity contribution in [1.82, 2.24) is 9.80 Å². The minimum atomic E-state index is -0.514. The third kappa shape index (κ3) is 6.21. The van der Waals surface area contributed by atoms with Gasteiger partial charge in [0.1, 0.15) is 5.60 Å². The zero-order valence-electron chi connectivity index (χ0n) is 18.8. The van der Waals surface area contributed by atoms with Crippen molar-refractivity contribution in [3.05, 3.63) is 35.9 Å². The van der Waals surface area contributed by atoms with Gasteiger partial charge in [0.2, 0.25) is 0 Å². The average molecular weight is 417 g/mol. The van der Waals surface area contributed by atoms with Crippen LogP contribution in [-0.4, -0.2) is 60.2 Å². The molecule has 0 saturated carbocycles. The predicted molar refractivity (Wildman–Crippen MR) is 116 cm³/mol. The van der Waals surface area contributed by atoms with E-state index in [0.29, 0.717) is 18.3 Å². The summed E-state index contributed by atoms with van der Waals surface area (Å²) in [6, 6.07) is 10.7. The number of carbonyl (C=O) groups excluding carboxylic acids is 2. The van der Waals surface area contributed by atoms with Crippen molar-refractivity contribution in [3.8, 4) is 0 Å². The maximum absolute atomic E-state index is 13.0. The number of rotatable bonds is 6. The summed E-state index contributed by atoms with van der Waals surface area (Å²) < 4.78 is 10.5. The summed E-state index contributed by atoms with van der Waals surface area (Å²) >= 11 is 0. The zero-order chi connectivity index (χ0) is 21.7. The minimum Gasteiger partial charge on any atom is -0.469 e. The third-order valence-corrected chi connectivity index (χ3v) is 6.03. The summed E-state index contributed by atoms with van der Waals surface area (Å²) in [5.74, 6) is 0.657. The van der Waals surface area contributed by atoms with E-state index in [-0.39, 0.29) is 18.1 Å². The van der Waals surface area contributed by atoms with Crippen LogP contribution in [0.15, 0.2) is 30.3 Å². The quantitative estimate of drug-likeness (QED) is 0.654. The number of carbonyl (C=O) groups is 2. The van der Waals surface area contributed by atoms with E-state index in [4.69, 9.17) is 9.47 Å². The number of likely N-dealkylation sites (tertiary alicyclic amines) is 2. The molecule has 2 heterocycles. The number of piperidine rings is 2. The number of hydrogen-bond donors (Lipinski definition) is 0. The van der Waals surface area contributed by atoms with Crippen molar-refractivity contribution in [2.24, 2.45) is 11.8 Å². The Hall–Kier alpha value is -2.08. The molecule has 166 valence electrons. The van der Waals surface area contributed by atoms with Gasteiger partial charge in [-0.05, 0) is 57.4 Å². The van der Waals surface area contributed by atoms with Crippen molar-refractivity contribution in [1.29, 1.82) is 0 Å². The number of fused-ring (bicyclic) bond motifs is 2. The molecule has 2 aliphatic heterocycles. The molecule has 0 aromatic heterocycles. The Labute approximate surface area is 180 Å². The molecule has 1 aromatic rings. The summed E-state index contributed by atoms with van der Waals surface area (Å²) in [4.78, 5) is 29.0. The van der Waals surface area contributed by atoms with Crippen LogP contribution in [0.3, 0.4) is 0 Å². The Kier molecular flexibility index (Phi) is 7.40. The molecule has 1 aromatic carbocycles. The molecule has 0 unspecified atom stereocenters. The Morgan fingerprint density at radius 2 is 1.83 bits per heavy atom. The lowest BCUT2D eigenvalue weighted by Gasteiger charge is -2.50. The van der Waals surface area contributed by atoms with Crippen molar-refractivity contribution >= 4 is 12.1 Å². The summed E-state index contributed by atoms with van der Waals surface area (Å²) in [6.45, 7) is 9.35. The van der Waals surface area contributed by atoms with Gasteiger partial charge in [-0.3, -0.25) is 9.69 Å². The highest BCUT2D eigenvalue weighted by molar-refractivity contribution is 5.69. The van der Waals surface area contributed by atoms with Gasteiger partial charge in [0, 0.05) is 38.6 Å². The van der Waals surface area contributed by atoms with Crippen molar-refractivity contribution in [2.75, 3.05) is 26.7 Å². The molecule has 30 heavy (non-hydrogen) atoms. The first kappa shape index (κ1) is 22.6. The van der Waals surface area contributed by atoms with Gasteiger partial charge in [0.05, 0.1) is 7.11 Å². The number of ether oxygens (including phenoxy) is 2. The van der Waals surface area contributed by atoms with Gasteiger partial charge >= 0.3 is 12.1 Å². The fraction of sp³-hybridized carbons (Fsp3) is 0.667. The normalized spacial score (nSPS) is 24.4. The first-order valence-electron chi connectivity index (χ1n) is 11.1. The van der Waals surface area contributed by atoms with E-state index in [9.17, 15) is 9.59 Å². The van der Waals surface area contributed by atoms with E-state index in [1.165, 1.54) is 12.7 Å². The molecule has 2 fully saturated rings. The summed E-state index contributed by atoms with van der Waals surface area (Å²) in [7, 11) is 1.42. The molecule has 2 aliphatic rings. The fourth-order valence-electron chi connectivity index (χ4n) is 4.88. The highest BCUT2D eigenvalue weighted by atomic mass is 16.6. The molecule has 6 nitrogen and oxygen atoms in total. The number of methoxy groups -OCH3 is 1. The third-order valence-electron chi connectivity index (χ3n) is 6.03. The monoisotopic (exact) mass is 416 g/mol. The molecule has 0 spiro atoms. The summed E-state index contributed by atoms with van der Waals surface area (Å²) in [5.41, 5.74) is 0.809. The average Bonchev–Trinajstić information content (AvgIpc) is 2.68. The van der Waals surface area contributed by atoms with Crippen LogP contribution in [0.4, 0.5) is 4.79 Å². The lowest BCUT2D eigenvalue weighted by atomic mass is 9.77. The van der Waals surface area contributed by atoms with E-state index in [1.807, 2.05) is 31.7 Å². The number of esters is 1. The van der Waals surface area contributed by atoms with Gasteiger partial charge in [-0.1, -0.05) is 30.3 Å². The number of amides is 1. The molecule has 2 bridgehead atoms. The standard InChI is InChI=1S/C24H36N2O4/c1-24(2,3)30-23(28)26-16-19-13-20(21(26)11-8-12-22(27)29-4)17-25(15-19)14-18-9-6-5-7-10-18/h5-7,9-10,19-21H,8,11-17H2,1-4H3/t19-,20-,21-/m0/s1. The second-order valence-electron chi connectivity index (χ2n) is 9.71. The van der Waals surface area contributed by atoms with Crippen LogP contribution in [0.2, 0.25) is 0 Å². The van der Waals surface area contributed by atoms with Crippen LogP contribution in [0.5, 0.6) is 0 Å². The first-order valence-corrected chi connectivity index (χ1v) is 11.1. The van der Waals surface area contributed by atoms with Crippen molar-refractivity contribution in [2.45, 2.75) is 64.6 Å². The summed E-state index contributed by atoms with van der Waals surface area (Å²) in [6.07, 6.45) is 2.81. The molecular formula is C24H36N2O4. The largest absolute Gasteiger partial charge is 0.469 e. The van der Waals surface area contributed by atoms with E-state index < -0.39 is 5.60 Å². The van der Waals surface area contributed by atoms with E-state index in [0.717, 1.165) is 45.4 Å². The molecule has 3 atom stereocenters. The van der Waals surface area contributed by atoms with Crippen LogP contribution < -0.4 is 0 Å². The van der Waals surface area contributed by atoms with Crippen LogP contribution in [0.1, 0.15) is 52.0 Å². The fourth-order valence-corrected chi connectivity index (χ4v) is 4.88. The SMILES string of the molecule is COC(=O)CCC[C@H]1[C@H]2C[C@@H](CN(Cc3ccccc3)C2)CN1C(=O)OC(C)(C)C.